The van der Waals surface area contributed by atoms with E-state index in [0.717, 1.165) is 55.6 Å². The van der Waals surface area contributed by atoms with Crippen LogP contribution in [0.25, 0.3) is 66.4 Å². The van der Waals surface area contributed by atoms with Crippen LogP contribution < -0.4 is 0 Å². The normalized spacial score (nSPS) is 13.6. The summed E-state index contributed by atoms with van der Waals surface area (Å²) in [6, 6.07) is 56.7. The molecular weight excluding hydrogens is 679 g/mol. The molecule has 54 heavy (non-hydrogen) atoms. The predicted molar refractivity (Wildman–Crippen MR) is 217 cm³/mol. The minimum atomic E-state index is -0.519. The average molecular weight is 706 g/mol. The van der Waals surface area contributed by atoms with Gasteiger partial charge in [0, 0.05) is 55.1 Å². The number of para-hydroxylation sites is 2. The highest BCUT2D eigenvalue weighted by Gasteiger charge is 2.51. The van der Waals surface area contributed by atoms with E-state index in [1.165, 1.54) is 42.8 Å². The standard InChI is InChI=1S/C48H27N5S/c49-28-29-17-21-42-34(25-29)32-9-1-4-14-40(32)52(42)30-19-22-43-35(26-30)33-10-2-5-15-41(33)53(43)31-18-20-37-45(27-31)54-44-16-6-3-11-36(44)48(37)38-12-7-23-50-46(38)47-39(48)13-8-24-51-47/h1-27H. The van der Waals surface area contributed by atoms with E-state index in [-0.39, 0.29) is 0 Å². The molecule has 1 aliphatic heterocycles. The zero-order valence-electron chi connectivity index (χ0n) is 28.7. The largest absolute Gasteiger partial charge is 0.309 e. The number of rotatable bonds is 2. The van der Waals surface area contributed by atoms with Crippen LogP contribution in [0.3, 0.4) is 0 Å². The third-order valence-corrected chi connectivity index (χ3v) is 12.6. The Labute approximate surface area is 314 Å². The van der Waals surface area contributed by atoms with E-state index in [4.69, 9.17) is 9.97 Å². The number of nitrogens with zero attached hydrogens (tertiary/aromatic N) is 5. The highest BCUT2D eigenvalue weighted by molar-refractivity contribution is 7.99. The molecule has 4 aromatic heterocycles. The highest BCUT2D eigenvalue weighted by atomic mass is 32.2. The first-order chi connectivity index (χ1) is 26.7. The molecule has 0 amide bonds. The molecule has 0 atom stereocenters. The van der Waals surface area contributed by atoms with Crippen molar-refractivity contribution in [1.29, 1.82) is 5.26 Å². The lowest BCUT2D eigenvalue weighted by Crippen LogP contribution is -2.32. The molecule has 2 aliphatic rings. The third kappa shape index (κ3) is 3.73. The lowest BCUT2D eigenvalue weighted by Gasteiger charge is -2.39. The van der Waals surface area contributed by atoms with E-state index >= 15 is 0 Å². The minimum absolute atomic E-state index is 0.519. The van der Waals surface area contributed by atoms with Crippen molar-refractivity contribution in [2.24, 2.45) is 0 Å². The number of hydrogen-bond donors (Lipinski definition) is 0. The Balaban J connectivity index is 1.09. The molecule has 0 fully saturated rings. The van der Waals surface area contributed by atoms with Gasteiger partial charge in [0.15, 0.2) is 0 Å². The number of pyridine rings is 2. The van der Waals surface area contributed by atoms with Crippen LogP contribution in [0, 0.1) is 11.3 Å². The van der Waals surface area contributed by atoms with E-state index in [2.05, 4.69) is 155 Å². The van der Waals surface area contributed by atoms with Crippen LogP contribution in [-0.4, -0.2) is 19.1 Å². The van der Waals surface area contributed by atoms with Gasteiger partial charge in [-0.3, -0.25) is 9.97 Å². The number of hydrogen-bond acceptors (Lipinski definition) is 4. The van der Waals surface area contributed by atoms with Gasteiger partial charge in [-0.2, -0.15) is 5.26 Å². The smallest absolute Gasteiger partial charge is 0.0991 e. The summed E-state index contributed by atoms with van der Waals surface area (Å²) >= 11 is 1.84. The van der Waals surface area contributed by atoms with Gasteiger partial charge in [-0.05, 0) is 101 Å². The SMILES string of the molecule is N#Cc1ccc2c(c1)c1ccccc1n2-c1ccc2c(c1)c1ccccc1n2-c1ccc2c(c1)Sc1ccccc1C21c2cccnc2-c2ncccc21. The van der Waals surface area contributed by atoms with E-state index in [1.54, 1.807) is 0 Å². The second-order valence-corrected chi connectivity index (χ2v) is 15.2. The van der Waals surface area contributed by atoms with Gasteiger partial charge in [0.2, 0.25) is 0 Å². The molecule has 5 heterocycles. The van der Waals surface area contributed by atoms with E-state index in [0.29, 0.717) is 5.56 Å². The van der Waals surface area contributed by atoms with Crippen molar-refractivity contribution >= 4 is 55.4 Å². The first kappa shape index (κ1) is 29.6. The van der Waals surface area contributed by atoms with Gasteiger partial charge in [-0.1, -0.05) is 84.6 Å². The topological polar surface area (TPSA) is 59.4 Å². The molecule has 6 heteroatoms. The summed E-state index contributed by atoms with van der Waals surface area (Å²) in [7, 11) is 0. The summed E-state index contributed by atoms with van der Waals surface area (Å²) in [5, 5.41) is 14.3. The molecule has 6 aromatic carbocycles. The zero-order valence-corrected chi connectivity index (χ0v) is 29.5. The average Bonchev–Trinajstić information content (AvgIpc) is 3.85. The van der Waals surface area contributed by atoms with Crippen molar-refractivity contribution in [3.05, 3.63) is 192 Å². The van der Waals surface area contributed by atoms with Crippen molar-refractivity contribution in [2.75, 3.05) is 0 Å². The Morgan fingerprint density at radius 1 is 0.463 bits per heavy atom. The lowest BCUT2D eigenvalue weighted by molar-refractivity contribution is 0.719. The number of aromatic nitrogens is 4. The molecule has 0 saturated carbocycles. The molecule has 0 saturated heterocycles. The van der Waals surface area contributed by atoms with Crippen molar-refractivity contribution in [1.82, 2.24) is 19.1 Å². The lowest BCUT2D eigenvalue weighted by atomic mass is 9.67. The summed E-state index contributed by atoms with van der Waals surface area (Å²) in [6.45, 7) is 0. The Morgan fingerprint density at radius 2 is 1.00 bits per heavy atom. The van der Waals surface area contributed by atoms with Gasteiger partial charge < -0.3 is 9.13 Å². The fraction of sp³-hybridized carbons (Fsp3) is 0.0208. The van der Waals surface area contributed by atoms with Crippen molar-refractivity contribution in [3.8, 4) is 28.8 Å². The molecule has 0 unspecified atom stereocenters. The van der Waals surface area contributed by atoms with Crippen molar-refractivity contribution in [3.63, 3.8) is 0 Å². The quantitative estimate of drug-likeness (QED) is 0.180. The van der Waals surface area contributed by atoms with E-state index in [1.807, 2.05) is 36.3 Å². The fourth-order valence-corrected chi connectivity index (χ4v) is 10.6. The van der Waals surface area contributed by atoms with Gasteiger partial charge in [-0.15, -0.1) is 0 Å². The molecule has 12 rings (SSSR count). The maximum atomic E-state index is 9.68. The molecule has 1 aliphatic carbocycles. The zero-order chi connectivity index (χ0) is 35.5. The Morgan fingerprint density at radius 3 is 1.70 bits per heavy atom. The number of fused-ring (bicyclic) bond motifs is 15. The van der Waals surface area contributed by atoms with Gasteiger partial charge in [-0.25, -0.2) is 0 Å². The Bertz CT molecular complexity index is 3240. The van der Waals surface area contributed by atoms with Gasteiger partial charge >= 0.3 is 0 Å². The molecule has 0 bridgehead atoms. The van der Waals surface area contributed by atoms with Crippen LogP contribution in [0.1, 0.15) is 27.8 Å². The molecule has 1 spiro atoms. The maximum Gasteiger partial charge on any atom is 0.0991 e. The molecule has 0 N–H and O–H groups in total. The highest BCUT2D eigenvalue weighted by Crippen LogP contribution is 2.61. The summed E-state index contributed by atoms with van der Waals surface area (Å²) < 4.78 is 4.73. The summed E-state index contributed by atoms with van der Waals surface area (Å²) in [4.78, 5) is 12.3. The Hall–Kier alpha value is -6.94. The second kappa shape index (κ2) is 10.8. The van der Waals surface area contributed by atoms with Crippen LogP contribution in [-0.2, 0) is 5.41 Å². The molecule has 0 radical (unpaired) electrons. The van der Waals surface area contributed by atoms with Crippen molar-refractivity contribution < 1.29 is 0 Å². The number of nitriles is 1. The maximum absolute atomic E-state index is 9.68. The van der Waals surface area contributed by atoms with Crippen LogP contribution in [0.5, 0.6) is 0 Å². The predicted octanol–water partition coefficient (Wildman–Crippen LogP) is 11.4. The molecular formula is C48H27N5S. The van der Waals surface area contributed by atoms with E-state index in [9.17, 15) is 5.26 Å². The van der Waals surface area contributed by atoms with E-state index < -0.39 is 5.41 Å². The summed E-state index contributed by atoms with van der Waals surface area (Å²) in [5.74, 6) is 0. The monoisotopic (exact) mass is 705 g/mol. The first-order valence-corrected chi connectivity index (χ1v) is 18.9. The van der Waals surface area contributed by atoms with Crippen LogP contribution in [0.2, 0.25) is 0 Å². The van der Waals surface area contributed by atoms with Gasteiger partial charge in [0.05, 0.1) is 50.5 Å². The van der Waals surface area contributed by atoms with Crippen molar-refractivity contribution in [2.45, 2.75) is 15.2 Å². The molecule has 5 nitrogen and oxygen atoms in total. The van der Waals surface area contributed by atoms with Crippen LogP contribution in [0.15, 0.2) is 174 Å². The van der Waals surface area contributed by atoms with Gasteiger partial charge in [0.1, 0.15) is 0 Å². The van der Waals surface area contributed by atoms with Crippen LogP contribution in [0.4, 0.5) is 0 Å². The van der Waals surface area contributed by atoms with Gasteiger partial charge in [0.25, 0.3) is 0 Å². The second-order valence-electron chi connectivity index (χ2n) is 14.1. The summed E-state index contributed by atoms with van der Waals surface area (Å²) in [6.07, 6.45) is 3.76. The number of benzene rings is 6. The Kier molecular flexibility index (Phi) is 5.92. The fourth-order valence-electron chi connectivity index (χ4n) is 9.39. The van der Waals surface area contributed by atoms with Crippen LogP contribution >= 0.6 is 11.8 Å². The minimum Gasteiger partial charge on any atom is -0.309 e. The third-order valence-electron chi connectivity index (χ3n) is 11.5. The molecule has 250 valence electrons. The molecule has 10 aromatic rings. The summed E-state index contributed by atoms with van der Waals surface area (Å²) in [5.41, 5.74) is 13.6. The first-order valence-electron chi connectivity index (χ1n) is 18.0.